The Kier molecular flexibility index (Phi) is 5.18. The van der Waals surface area contributed by atoms with Crippen molar-refractivity contribution in [3.8, 4) is 0 Å². The Morgan fingerprint density at radius 3 is 2.85 bits per heavy atom. The summed E-state index contributed by atoms with van der Waals surface area (Å²) in [7, 11) is 0. The zero-order chi connectivity index (χ0) is 8.97. The molecule has 4 nitrogen and oxygen atoms in total. The molecule has 1 amide bonds. The predicted molar refractivity (Wildman–Crippen MR) is 51.9 cm³/mol. The standard InChI is InChI=1S/C8H12N2O2.ClH/c1-2-10-8(11)6-3-7(4-9)12-5-6;/h3,5H,2,4,9H2,1H3,(H,10,11);1H. The maximum atomic E-state index is 11.2. The molecule has 0 spiro atoms. The van der Waals surface area contributed by atoms with Crippen LogP contribution in [0.1, 0.15) is 23.0 Å². The fourth-order valence-corrected chi connectivity index (χ4v) is 0.869. The van der Waals surface area contributed by atoms with E-state index >= 15 is 0 Å². The second-order valence-corrected chi connectivity index (χ2v) is 2.37. The van der Waals surface area contributed by atoms with Gasteiger partial charge in [-0.15, -0.1) is 12.4 Å². The first kappa shape index (κ1) is 12.0. The summed E-state index contributed by atoms with van der Waals surface area (Å²) < 4.78 is 5.00. The van der Waals surface area contributed by atoms with Crippen molar-refractivity contribution in [3.05, 3.63) is 23.7 Å². The zero-order valence-corrected chi connectivity index (χ0v) is 8.19. The molecule has 1 aromatic heterocycles. The Hall–Kier alpha value is -1.00. The fraction of sp³-hybridized carbons (Fsp3) is 0.375. The number of carbonyl (C=O) groups is 1. The zero-order valence-electron chi connectivity index (χ0n) is 7.37. The van der Waals surface area contributed by atoms with E-state index in [-0.39, 0.29) is 18.3 Å². The number of hydrogen-bond donors (Lipinski definition) is 2. The van der Waals surface area contributed by atoms with Crippen LogP contribution in [0.2, 0.25) is 0 Å². The number of halogens is 1. The Bertz CT molecular complexity index is 273. The molecule has 0 saturated heterocycles. The number of furan rings is 1. The maximum Gasteiger partial charge on any atom is 0.254 e. The molecular weight excluding hydrogens is 192 g/mol. The number of rotatable bonds is 3. The molecule has 0 aliphatic heterocycles. The first-order chi connectivity index (χ1) is 5.77. The normalized spacial score (nSPS) is 9.08. The first-order valence-corrected chi connectivity index (χ1v) is 3.83. The van der Waals surface area contributed by atoms with Gasteiger partial charge in [0.15, 0.2) is 0 Å². The van der Waals surface area contributed by atoms with Crippen LogP contribution >= 0.6 is 12.4 Å². The lowest BCUT2D eigenvalue weighted by atomic mass is 10.3. The molecule has 1 rings (SSSR count). The SMILES string of the molecule is CCNC(=O)c1coc(CN)c1.Cl. The number of carbonyl (C=O) groups excluding carboxylic acids is 1. The lowest BCUT2D eigenvalue weighted by Gasteiger charge is -1.95. The minimum absolute atomic E-state index is 0. The molecule has 1 heterocycles. The third kappa shape index (κ3) is 3.08. The third-order valence-electron chi connectivity index (χ3n) is 1.45. The molecule has 13 heavy (non-hydrogen) atoms. The lowest BCUT2D eigenvalue weighted by molar-refractivity contribution is 0.0955. The molecule has 0 atom stereocenters. The molecule has 0 saturated carbocycles. The highest BCUT2D eigenvalue weighted by atomic mass is 35.5. The largest absolute Gasteiger partial charge is 0.467 e. The minimum atomic E-state index is -0.124. The molecule has 1 aromatic rings. The molecule has 0 radical (unpaired) electrons. The van der Waals surface area contributed by atoms with Gasteiger partial charge in [0.05, 0.1) is 12.1 Å². The Morgan fingerprint density at radius 2 is 2.38 bits per heavy atom. The molecule has 0 aliphatic carbocycles. The van der Waals surface area contributed by atoms with Crippen molar-refractivity contribution in [2.75, 3.05) is 6.54 Å². The van der Waals surface area contributed by atoms with Crippen LogP contribution in [0.3, 0.4) is 0 Å². The lowest BCUT2D eigenvalue weighted by Crippen LogP contribution is -2.21. The van der Waals surface area contributed by atoms with Crippen LogP contribution in [0.25, 0.3) is 0 Å². The predicted octanol–water partition coefficient (Wildman–Crippen LogP) is 0.910. The molecule has 0 fully saturated rings. The van der Waals surface area contributed by atoms with Gasteiger partial charge >= 0.3 is 0 Å². The summed E-state index contributed by atoms with van der Waals surface area (Å²) in [6.45, 7) is 2.79. The molecule has 5 heteroatoms. The van der Waals surface area contributed by atoms with Gasteiger partial charge in [-0.25, -0.2) is 0 Å². The van der Waals surface area contributed by atoms with Crippen LogP contribution in [0, 0.1) is 0 Å². The summed E-state index contributed by atoms with van der Waals surface area (Å²) in [6, 6.07) is 1.64. The number of hydrogen-bond acceptors (Lipinski definition) is 3. The highest BCUT2D eigenvalue weighted by Crippen LogP contribution is 2.06. The van der Waals surface area contributed by atoms with E-state index in [4.69, 9.17) is 10.2 Å². The van der Waals surface area contributed by atoms with Crippen molar-refractivity contribution in [1.29, 1.82) is 0 Å². The van der Waals surface area contributed by atoms with Crippen LogP contribution in [-0.2, 0) is 6.54 Å². The Labute approximate surface area is 82.9 Å². The quantitative estimate of drug-likeness (QED) is 0.769. The van der Waals surface area contributed by atoms with Crippen molar-refractivity contribution in [1.82, 2.24) is 5.32 Å². The molecule has 74 valence electrons. The summed E-state index contributed by atoms with van der Waals surface area (Å²) in [4.78, 5) is 11.2. The number of amides is 1. The summed E-state index contributed by atoms with van der Waals surface area (Å²) in [5.41, 5.74) is 5.84. The summed E-state index contributed by atoms with van der Waals surface area (Å²) in [5.74, 6) is 0.497. The van der Waals surface area contributed by atoms with Crippen molar-refractivity contribution in [2.45, 2.75) is 13.5 Å². The van der Waals surface area contributed by atoms with Gasteiger partial charge in [0.25, 0.3) is 5.91 Å². The van der Waals surface area contributed by atoms with Crippen LogP contribution in [0.5, 0.6) is 0 Å². The monoisotopic (exact) mass is 204 g/mol. The first-order valence-electron chi connectivity index (χ1n) is 3.83. The Morgan fingerprint density at radius 1 is 1.69 bits per heavy atom. The second kappa shape index (κ2) is 5.61. The van der Waals surface area contributed by atoms with Gasteiger partial charge in [0.1, 0.15) is 12.0 Å². The van der Waals surface area contributed by atoms with Crippen molar-refractivity contribution >= 4 is 18.3 Å². The van der Waals surface area contributed by atoms with Crippen molar-refractivity contribution < 1.29 is 9.21 Å². The highest BCUT2D eigenvalue weighted by Gasteiger charge is 2.07. The second-order valence-electron chi connectivity index (χ2n) is 2.37. The smallest absolute Gasteiger partial charge is 0.254 e. The molecule has 3 N–H and O–H groups in total. The molecule has 0 bridgehead atoms. The van der Waals surface area contributed by atoms with E-state index in [0.29, 0.717) is 24.4 Å². The van der Waals surface area contributed by atoms with E-state index in [9.17, 15) is 4.79 Å². The third-order valence-corrected chi connectivity index (χ3v) is 1.45. The number of nitrogens with two attached hydrogens (primary N) is 1. The highest BCUT2D eigenvalue weighted by molar-refractivity contribution is 5.93. The summed E-state index contributed by atoms with van der Waals surface area (Å²) >= 11 is 0. The number of nitrogens with one attached hydrogen (secondary N) is 1. The minimum Gasteiger partial charge on any atom is -0.467 e. The fourth-order valence-electron chi connectivity index (χ4n) is 0.869. The van der Waals surface area contributed by atoms with Crippen LogP contribution < -0.4 is 11.1 Å². The van der Waals surface area contributed by atoms with E-state index < -0.39 is 0 Å². The molecular formula is C8H13ClN2O2. The summed E-state index contributed by atoms with van der Waals surface area (Å²) in [5, 5.41) is 2.66. The van der Waals surface area contributed by atoms with E-state index in [0.717, 1.165) is 0 Å². The van der Waals surface area contributed by atoms with E-state index in [1.165, 1.54) is 6.26 Å². The van der Waals surface area contributed by atoms with Crippen molar-refractivity contribution in [3.63, 3.8) is 0 Å². The maximum absolute atomic E-state index is 11.2. The van der Waals surface area contributed by atoms with Gasteiger partial charge in [0, 0.05) is 6.54 Å². The molecule has 0 unspecified atom stereocenters. The molecule has 0 aliphatic rings. The van der Waals surface area contributed by atoms with Crippen LogP contribution in [-0.4, -0.2) is 12.5 Å². The Balaban J connectivity index is 0.00000144. The van der Waals surface area contributed by atoms with E-state index in [2.05, 4.69) is 5.32 Å². The average Bonchev–Trinajstić information content (AvgIpc) is 2.52. The summed E-state index contributed by atoms with van der Waals surface area (Å²) in [6.07, 6.45) is 1.41. The van der Waals surface area contributed by atoms with Crippen molar-refractivity contribution in [2.24, 2.45) is 5.73 Å². The molecule has 0 aromatic carbocycles. The van der Waals surface area contributed by atoms with Gasteiger partial charge in [-0.05, 0) is 13.0 Å². The van der Waals surface area contributed by atoms with Gasteiger partial charge in [-0.3, -0.25) is 4.79 Å². The van der Waals surface area contributed by atoms with Crippen LogP contribution in [0.4, 0.5) is 0 Å². The van der Waals surface area contributed by atoms with Gasteiger partial charge < -0.3 is 15.5 Å². The average molecular weight is 205 g/mol. The van der Waals surface area contributed by atoms with Gasteiger partial charge in [-0.2, -0.15) is 0 Å². The van der Waals surface area contributed by atoms with E-state index in [1.807, 2.05) is 6.92 Å². The topological polar surface area (TPSA) is 68.3 Å². The van der Waals surface area contributed by atoms with Crippen LogP contribution in [0.15, 0.2) is 16.7 Å². The van der Waals surface area contributed by atoms with E-state index in [1.54, 1.807) is 6.07 Å². The van der Waals surface area contributed by atoms with Gasteiger partial charge in [-0.1, -0.05) is 0 Å². The van der Waals surface area contributed by atoms with Gasteiger partial charge in [0.2, 0.25) is 0 Å².